The summed E-state index contributed by atoms with van der Waals surface area (Å²) in [5.74, 6) is 1.60. The number of halogens is 1. The summed E-state index contributed by atoms with van der Waals surface area (Å²) in [7, 11) is 1.63. The number of guanidine groups is 1. The molecular weight excluding hydrogens is 326 g/mol. The molecule has 6 heteroatoms. The van der Waals surface area contributed by atoms with Crippen LogP contribution < -0.4 is 15.4 Å². The molecule has 0 atom stereocenters. The lowest BCUT2D eigenvalue weighted by Crippen LogP contribution is -2.45. The van der Waals surface area contributed by atoms with Crippen molar-refractivity contribution < 1.29 is 9.84 Å². The SMILES string of the molecule is CCNC(=NCCc1ccc(OC)cc1Cl)NC1CCC(O)CC1. The first-order valence-electron chi connectivity index (χ1n) is 8.67. The number of methoxy groups -OCH3 is 1. The molecule has 0 heterocycles. The second kappa shape index (κ2) is 9.74. The van der Waals surface area contributed by atoms with Crippen LogP contribution in [0.4, 0.5) is 0 Å². The van der Waals surface area contributed by atoms with Gasteiger partial charge < -0.3 is 20.5 Å². The molecule has 24 heavy (non-hydrogen) atoms. The van der Waals surface area contributed by atoms with Gasteiger partial charge in [-0.3, -0.25) is 4.99 Å². The molecule has 1 aliphatic carbocycles. The first kappa shape index (κ1) is 18.9. The van der Waals surface area contributed by atoms with Crippen LogP contribution >= 0.6 is 11.6 Å². The highest BCUT2D eigenvalue weighted by Crippen LogP contribution is 2.22. The number of rotatable bonds is 6. The number of aliphatic hydroxyl groups excluding tert-OH is 1. The monoisotopic (exact) mass is 353 g/mol. The van der Waals surface area contributed by atoms with Crippen molar-refractivity contribution in [2.24, 2.45) is 4.99 Å². The molecule has 0 aliphatic heterocycles. The molecule has 0 aromatic heterocycles. The van der Waals surface area contributed by atoms with Crippen LogP contribution in [0, 0.1) is 0 Å². The molecule has 3 N–H and O–H groups in total. The number of aliphatic hydroxyl groups is 1. The standard InChI is InChI=1S/C18H28ClN3O2/c1-3-20-18(22-14-5-7-15(23)8-6-14)21-11-10-13-4-9-16(24-2)12-17(13)19/h4,9,12,14-15,23H,3,5-8,10-11H2,1-2H3,(H2,20,21,22). The number of nitrogens with one attached hydrogen (secondary N) is 2. The zero-order valence-electron chi connectivity index (χ0n) is 14.5. The maximum atomic E-state index is 9.60. The number of hydrogen-bond donors (Lipinski definition) is 3. The van der Waals surface area contributed by atoms with Crippen LogP contribution in [0.2, 0.25) is 5.02 Å². The van der Waals surface area contributed by atoms with E-state index in [0.717, 1.165) is 55.9 Å². The fraction of sp³-hybridized carbons (Fsp3) is 0.611. The van der Waals surface area contributed by atoms with Gasteiger partial charge in [-0.1, -0.05) is 17.7 Å². The van der Waals surface area contributed by atoms with Gasteiger partial charge in [0.25, 0.3) is 0 Å². The lowest BCUT2D eigenvalue weighted by Gasteiger charge is -2.27. The summed E-state index contributed by atoms with van der Waals surface area (Å²) in [4.78, 5) is 4.65. The lowest BCUT2D eigenvalue weighted by molar-refractivity contribution is 0.120. The third kappa shape index (κ3) is 5.87. The van der Waals surface area contributed by atoms with Crippen molar-refractivity contribution in [3.63, 3.8) is 0 Å². The zero-order chi connectivity index (χ0) is 17.4. The molecule has 0 unspecified atom stereocenters. The number of benzene rings is 1. The van der Waals surface area contributed by atoms with Crippen LogP contribution in [-0.4, -0.2) is 43.4 Å². The minimum Gasteiger partial charge on any atom is -0.497 e. The summed E-state index contributed by atoms with van der Waals surface area (Å²) < 4.78 is 5.17. The molecule has 5 nitrogen and oxygen atoms in total. The Hall–Kier alpha value is -1.46. The fourth-order valence-electron chi connectivity index (χ4n) is 2.88. The molecule has 0 radical (unpaired) electrons. The van der Waals surface area contributed by atoms with Gasteiger partial charge in [0.15, 0.2) is 5.96 Å². The Bertz CT molecular complexity index is 543. The van der Waals surface area contributed by atoms with Crippen molar-refractivity contribution >= 4 is 17.6 Å². The molecule has 0 saturated heterocycles. The van der Waals surface area contributed by atoms with Crippen molar-refractivity contribution in [2.75, 3.05) is 20.2 Å². The first-order valence-corrected chi connectivity index (χ1v) is 9.05. The van der Waals surface area contributed by atoms with Gasteiger partial charge in [-0.25, -0.2) is 0 Å². The quantitative estimate of drug-likeness (QED) is 0.543. The third-order valence-corrected chi connectivity index (χ3v) is 4.64. The van der Waals surface area contributed by atoms with E-state index in [2.05, 4.69) is 22.5 Å². The van der Waals surface area contributed by atoms with Gasteiger partial charge in [0.2, 0.25) is 0 Å². The van der Waals surface area contributed by atoms with E-state index in [1.807, 2.05) is 18.2 Å². The van der Waals surface area contributed by atoms with E-state index >= 15 is 0 Å². The average molecular weight is 354 g/mol. The van der Waals surface area contributed by atoms with Gasteiger partial charge in [-0.05, 0) is 56.7 Å². The van der Waals surface area contributed by atoms with Crippen LogP contribution in [0.3, 0.4) is 0 Å². The van der Waals surface area contributed by atoms with Crippen LogP contribution in [0.1, 0.15) is 38.2 Å². The molecule has 1 fully saturated rings. The number of hydrogen-bond acceptors (Lipinski definition) is 3. The number of nitrogens with zero attached hydrogens (tertiary/aromatic N) is 1. The second-order valence-electron chi connectivity index (χ2n) is 6.12. The molecule has 0 amide bonds. The maximum absolute atomic E-state index is 9.60. The minimum atomic E-state index is -0.139. The van der Waals surface area contributed by atoms with Crippen LogP contribution in [0.25, 0.3) is 0 Å². The summed E-state index contributed by atoms with van der Waals surface area (Å²) in [6.07, 6.45) is 4.32. The summed E-state index contributed by atoms with van der Waals surface area (Å²) in [6, 6.07) is 6.12. The van der Waals surface area contributed by atoms with E-state index in [0.29, 0.717) is 17.6 Å². The summed E-state index contributed by atoms with van der Waals surface area (Å²) in [6.45, 7) is 3.55. The molecule has 2 rings (SSSR count). The van der Waals surface area contributed by atoms with Crippen LogP contribution in [0.5, 0.6) is 5.75 Å². The fourth-order valence-corrected chi connectivity index (χ4v) is 3.14. The maximum Gasteiger partial charge on any atom is 0.191 e. The Kier molecular flexibility index (Phi) is 7.66. The van der Waals surface area contributed by atoms with E-state index in [9.17, 15) is 5.11 Å². The normalized spacial score (nSPS) is 21.4. The van der Waals surface area contributed by atoms with E-state index in [1.54, 1.807) is 7.11 Å². The van der Waals surface area contributed by atoms with Crippen molar-refractivity contribution in [3.8, 4) is 5.75 Å². The van der Waals surface area contributed by atoms with Gasteiger partial charge in [-0.15, -0.1) is 0 Å². The molecule has 1 aromatic carbocycles. The van der Waals surface area contributed by atoms with Gasteiger partial charge >= 0.3 is 0 Å². The highest BCUT2D eigenvalue weighted by atomic mass is 35.5. The highest BCUT2D eigenvalue weighted by molar-refractivity contribution is 6.31. The van der Waals surface area contributed by atoms with Crippen molar-refractivity contribution in [1.82, 2.24) is 10.6 Å². The summed E-state index contributed by atoms with van der Waals surface area (Å²) in [5, 5.41) is 17.1. The Balaban J connectivity index is 1.88. The van der Waals surface area contributed by atoms with E-state index < -0.39 is 0 Å². The van der Waals surface area contributed by atoms with E-state index in [1.165, 1.54) is 0 Å². The van der Waals surface area contributed by atoms with Crippen molar-refractivity contribution in [1.29, 1.82) is 0 Å². The van der Waals surface area contributed by atoms with E-state index in [-0.39, 0.29) is 6.10 Å². The van der Waals surface area contributed by atoms with Gasteiger partial charge in [0, 0.05) is 24.2 Å². The molecular formula is C18H28ClN3O2. The lowest BCUT2D eigenvalue weighted by atomic mass is 9.93. The Morgan fingerprint density at radius 1 is 1.33 bits per heavy atom. The first-order chi connectivity index (χ1) is 11.6. The molecule has 1 aliphatic rings. The second-order valence-corrected chi connectivity index (χ2v) is 6.52. The largest absolute Gasteiger partial charge is 0.497 e. The predicted molar refractivity (Wildman–Crippen MR) is 99.1 cm³/mol. The Labute approximate surface area is 149 Å². The summed E-state index contributed by atoms with van der Waals surface area (Å²) >= 11 is 6.27. The molecule has 1 aromatic rings. The minimum absolute atomic E-state index is 0.139. The van der Waals surface area contributed by atoms with E-state index in [4.69, 9.17) is 16.3 Å². The predicted octanol–water partition coefficient (Wildman–Crippen LogP) is 2.75. The Morgan fingerprint density at radius 2 is 2.08 bits per heavy atom. The van der Waals surface area contributed by atoms with Gasteiger partial charge in [0.05, 0.1) is 13.2 Å². The van der Waals surface area contributed by atoms with Crippen molar-refractivity contribution in [2.45, 2.75) is 51.2 Å². The van der Waals surface area contributed by atoms with Crippen LogP contribution in [-0.2, 0) is 6.42 Å². The van der Waals surface area contributed by atoms with Gasteiger partial charge in [0.1, 0.15) is 5.75 Å². The summed E-state index contributed by atoms with van der Waals surface area (Å²) in [5.41, 5.74) is 1.07. The molecule has 134 valence electrons. The third-order valence-electron chi connectivity index (χ3n) is 4.29. The Morgan fingerprint density at radius 3 is 2.71 bits per heavy atom. The van der Waals surface area contributed by atoms with Crippen molar-refractivity contribution in [3.05, 3.63) is 28.8 Å². The van der Waals surface area contributed by atoms with Crippen LogP contribution in [0.15, 0.2) is 23.2 Å². The topological polar surface area (TPSA) is 65.9 Å². The smallest absolute Gasteiger partial charge is 0.191 e. The number of aliphatic imine (C=N–C) groups is 1. The molecule has 0 bridgehead atoms. The number of ether oxygens (including phenoxy) is 1. The zero-order valence-corrected chi connectivity index (χ0v) is 15.3. The average Bonchev–Trinajstić information content (AvgIpc) is 2.58. The van der Waals surface area contributed by atoms with Gasteiger partial charge in [-0.2, -0.15) is 0 Å². The molecule has 1 saturated carbocycles. The molecule has 0 spiro atoms. The highest BCUT2D eigenvalue weighted by Gasteiger charge is 2.19.